The highest BCUT2D eigenvalue weighted by Crippen LogP contribution is 2.29. The average Bonchev–Trinajstić information content (AvgIpc) is 3.09. The van der Waals surface area contributed by atoms with Crippen molar-refractivity contribution in [1.82, 2.24) is 4.98 Å². The molecular formula is C21H22N2O2S. The summed E-state index contributed by atoms with van der Waals surface area (Å²) >= 11 is 1.53. The fraction of sp³-hybridized carbons (Fsp3) is 0.238. The normalized spacial score (nSPS) is 11.2. The third kappa shape index (κ3) is 4.11. The molecule has 1 N–H and O–H groups in total. The Morgan fingerprint density at radius 3 is 2.50 bits per heavy atom. The number of hydrogen-bond acceptors (Lipinski definition) is 5. The van der Waals surface area contributed by atoms with Gasteiger partial charge in [0.05, 0.1) is 18.4 Å². The van der Waals surface area contributed by atoms with Gasteiger partial charge in [-0.15, -0.1) is 11.3 Å². The predicted octanol–water partition coefficient (Wildman–Crippen LogP) is 5.64. The molecule has 5 heteroatoms. The first kappa shape index (κ1) is 18.1. The summed E-state index contributed by atoms with van der Waals surface area (Å²) in [5.74, 6) is -0.354. The number of nitrogens with zero attached hydrogens (tertiary/aromatic N) is 1. The molecule has 1 aromatic heterocycles. The van der Waals surface area contributed by atoms with E-state index in [9.17, 15) is 4.79 Å². The van der Waals surface area contributed by atoms with Gasteiger partial charge in [-0.05, 0) is 29.2 Å². The topological polar surface area (TPSA) is 51.2 Å². The lowest BCUT2D eigenvalue weighted by Gasteiger charge is -2.18. The molecule has 0 fully saturated rings. The number of thiazole rings is 1. The van der Waals surface area contributed by atoms with E-state index in [1.807, 2.05) is 17.5 Å². The number of rotatable bonds is 4. The quantitative estimate of drug-likeness (QED) is 0.607. The van der Waals surface area contributed by atoms with Crippen LogP contribution in [0.25, 0.3) is 11.3 Å². The fourth-order valence-corrected chi connectivity index (χ4v) is 3.31. The Kier molecular flexibility index (Phi) is 5.09. The molecule has 0 amide bonds. The molecule has 4 nitrogen and oxygen atoms in total. The van der Waals surface area contributed by atoms with Gasteiger partial charge in [-0.25, -0.2) is 9.78 Å². The Labute approximate surface area is 157 Å². The molecule has 0 spiro atoms. The first-order valence-corrected chi connectivity index (χ1v) is 9.26. The zero-order valence-corrected chi connectivity index (χ0v) is 16.2. The average molecular weight is 366 g/mol. The van der Waals surface area contributed by atoms with E-state index in [0.717, 1.165) is 22.1 Å². The van der Waals surface area contributed by atoms with Crippen molar-refractivity contribution < 1.29 is 9.53 Å². The van der Waals surface area contributed by atoms with Crippen molar-refractivity contribution in [3.63, 3.8) is 0 Å². The third-order valence-electron chi connectivity index (χ3n) is 4.09. The van der Waals surface area contributed by atoms with Gasteiger partial charge >= 0.3 is 5.97 Å². The third-order valence-corrected chi connectivity index (χ3v) is 4.84. The maximum atomic E-state index is 11.6. The zero-order valence-electron chi connectivity index (χ0n) is 15.4. The van der Waals surface area contributed by atoms with E-state index in [1.165, 1.54) is 24.0 Å². The maximum Gasteiger partial charge on any atom is 0.337 e. The Morgan fingerprint density at radius 1 is 1.12 bits per heavy atom. The van der Waals surface area contributed by atoms with E-state index in [4.69, 9.17) is 4.74 Å². The molecule has 0 aliphatic carbocycles. The van der Waals surface area contributed by atoms with E-state index in [2.05, 4.69) is 55.3 Å². The number of carbonyl (C=O) groups is 1. The molecule has 2 aromatic carbocycles. The van der Waals surface area contributed by atoms with Crippen LogP contribution in [0.2, 0.25) is 0 Å². The van der Waals surface area contributed by atoms with Gasteiger partial charge in [0, 0.05) is 16.6 Å². The molecule has 0 aliphatic heterocycles. The SMILES string of the molecule is COC(=O)c1cccc(Nc2nc(-c3ccc(C(C)(C)C)cc3)cs2)c1. The fourth-order valence-electron chi connectivity index (χ4n) is 2.57. The molecule has 3 aromatic rings. The summed E-state index contributed by atoms with van der Waals surface area (Å²) in [7, 11) is 1.38. The van der Waals surface area contributed by atoms with Gasteiger partial charge in [0.2, 0.25) is 0 Å². The minimum atomic E-state index is -0.354. The standard InChI is InChI=1S/C21H22N2O2S/c1-21(2,3)16-10-8-14(9-11-16)18-13-26-20(23-18)22-17-7-5-6-15(12-17)19(24)25-4/h5-13H,1-4H3,(H,22,23). The van der Waals surface area contributed by atoms with Gasteiger partial charge in [-0.1, -0.05) is 51.1 Å². The van der Waals surface area contributed by atoms with Gasteiger partial charge < -0.3 is 10.1 Å². The Hall–Kier alpha value is -2.66. The van der Waals surface area contributed by atoms with Crippen molar-refractivity contribution in [2.75, 3.05) is 12.4 Å². The largest absolute Gasteiger partial charge is 0.465 e. The Morgan fingerprint density at radius 2 is 1.85 bits per heavy atom. The van der Waals surface area contributed by atoms with E-state index in [-0.39, 0.29) is 11.4 Å². The Bertz CT molecular complexity index is 908. The number of ether oxygens (including phenoxy) is 1. The molecule has 0 saturated heterocycles. The molecule has 26 heavy (non-hydrogen) atoms. The second kappa shape index (κ2) is 7.30. The number of methoxy groups -OCH3 is 1. The van der Waals surface area contributed by atoms with E-state index in [1.54, 1.807) is 12.1 Å². The summed E-state index contributed by atoms with van der Waals surface area (Å²) in [5, 5.41) is 6.05. The summed E-state index contributed by atoms with van der Waals surface area (Å²) in [6.45, 7) is 6.61. The van der Waals surface area contributed by atoms with Crippen molar-refractivity contribution in [3.8, 4) is 11.3 Å². The van der Waals surface area contributed by atoms with Crippen molar-refractivity contribution in [3.05, 3.63) is 65.0 Å². The van der Waals surface area contributed by atoms with Gasteiger partial charge in [-0.2, -0.15) is 0 Å². The van der Waals surface area contributed by atoms with Gasteiger partial charge in [-0.3, -0.25) is 0 Å². The molecule has 0 atom stereocenters. The smallest absolute Gasteiger partial charge is 0.337 e. The van der Waals surface area contributed by atoms with Crippen molar-refractivity contribution in [2.24, 2.45) is 0 Å². The van der Waals surface area contributed by atoms with E-state index >= 15 is 0 Å². The van der Waals surface area contributed by atoms with Gasteiger partial charge in [0.25, 0.3) is 0 Å². The highest BCUT2D eigenvalue weighted by Gasteiger charge is 2.14. The Balaban J connectivity index is 1.77. The first-order chi connectivity index (χ1) is 12.4. The molecule has 0 radical (unpaired) electrons. The van der Waals surface area contributed by atoms with Crippen molar-refractivity contribution >= 4 is 28.1 Å². The number of benzene rings is 2. The lowest BCUT2D eigenvalue weighted by molar-refractivity contribution is 0.0601. The van der Waals surface area contributed by atoms with E-state index in [0.29, 0.717) is 5.56 Å². The van der Waals surface area contributed by atoms with Crippen LogP contribution in [-0.2, 0) is 10.2 Å². The molecule has 134 valence electrons. The van der Waals surface area contributed by atoms with Crippen LogP contribution in [0.3, 0.4) is 0 Å². The van der Waals surface area contributed by atoms with Crippen molar-refractivity contribution in [2.45, 2.75) is 26.2 Å². The number of anilines is 2. The van der Waals surface area contributed by atoms with Crippen LogP contribution in [0.15, 0.2) is 53.9 Å². The number of esters is 1. The van der Waals surface area contributed by atoms with Crippen LogP contribution in [0.5, 0.6) is 0 Å². The lowest BCUT2D eigenvalue weighted by atomic mass is 9.86. The molecule has 3 rings (SSSR count). The van der Waals surface area contributed by atoms with Crippen LogP contribution in [-0.4, -0.2) is 18.1 Å². The predicted molar refractivity (Wildman–Crippen MR) is 107 cm³/mol. The van der Waals surface area contributed by atoms with Crippen LogP contribution in [0, 0.1) is 0 Å². The summed E-state index contributed by atoms with van der Waals surface area (Å²) in [5.41, 5.74) is 4.77. The number of nitrogens with one attached hydrogen (secondary N) is 1. The maximum absolute atomic E-state index is 11.6. The molecule has 0 aliphatic rings. The summed E-state index contributed by atoms with van der Waals surface area (Å²) in [6, 6.07) is 15.7. The number of hydrogen-bond donors (Lipinski definition) is 1. The van der Waals surface area contributed by atoms with Crippen LogP contribution in [0.4, 0.5) is 10.8 Å². The summed E-state index contributed by atoms with van der Waals surface area (Å²) in [6.07, 6.45) is 0. The minimum Gasteiger partial charge on any atom is -0.465 e. The monoisotopic (exact) mass is 366 g/mol. The number of carbonyl (C=O) groups excluding carboxylic acids is 1. The van der Waals surface area contributed by atoms with Crippen LogP contribution < -0.4 is 5.32 Å². The highest BCUT2D eigenvalue weighted by atomic mass is 32.1. The minimum absolute atomic E-state index is 0.137. The lowest BCUT2D eigenvalue weighted by Crippen LogP contribution is -2.10. The zero-order chi connectivity index (χ0) is 18.7. The number of aromatic nitrogens is 1. The summed E-state index contributed by atoms with van der Waals surface area (Å²) in [4.78, 5) is 16.3. The first-order valence-electron chi connectivity index (χ1n) is 8.38. The molecule has 1 heterocycles. The van der Waals surface area contributed by atoms with Gasteiger partial charge in [0.15, 0.2) is 5.13 Å². The second-order valence-corrected chi connectivity index (χ2v) is 7.92. The second-order valence-electron chi connectivity index (χ2n) is 7.06. The van der Waals surface area contributed by atoms with Crippen molar-refractivity contribution in [1.29, 1.82) is 0 Å². The molecular weight excluding hydrogens is 344 g/mol. The van der Waals surface area contributed by atoms with Crippen LogP contribution in [0.1, 0.15) is 36.7 Å². The highest BCUT2D eigenvalue weighted by molar-refractivity contribution is 7.14. The molecule has 0 bridgehead atoms. The molecule has 0 saturated carbocycles. The van der Waals surface area contributed by atoms with Gasteiger partial charge in [0.1, 0.15) is 0 Å². The summed E-state index contributed by atoms with van der Waals surface area (Å²) < 4.78 is 4.76. The van der Waals surface area contributed by atoms with Crippen LogP contribution >= 0.6 is 11.3 Å². The molecule has 0 unspecified atom stereocenters. The van der Waals surface area contributed by atoms with E-state index < -0.39 is 0 Å².